The SMILES string of the molecule is FC(F)(F)Oc1ccc(Nc2nc3cc(Cl)cc(Cl)c3n3ccnc23)cc1. The Morgan fingerprint density at radius 2 is 1.81 bits per heavy atom. The van der Waals surface area contributed by atoms with Gasteiger partial charge in [-0.1, -0.05) is 23.2 Å². The maximum atomic E-state index is 12.3. The van der Waals surface area contributed by atoms with Crippen molar-refractivity contribution in [3.8, 4) is 5.75 Å². The molecule has 0 spiro atoms. The molecule has 0 bridgehead atoms. The summed E-state index contributed by atoms with van der Waals surface area (Å²) in [6, 6.07) is 8.56. The van der Waals surface area contributed by atoms with Gasteiger partial charge >= 0.3 is 6.36 Å². The Labute approximate surface area is 160 Å². The van der Waals surface area contributed by atoms with Gasteiger partial charge in [-0.3, -0.25) is 4.40 Å². The number of anilines is 2. The van der Waals surface area contributed by atoms with Crippen molar-refractivity contribution in [2.24, 2.45) is 0 Å². The van der Waals surface area contributed by atoms with Crippen molar-refractivity contribution in [1.82, 2.24) is 14.4 Å². The van der Waals surface area contributed by atoms with Gasteiger partial charge in [0.05, 0.1) is 16.1 Å². The summed E-state index contributed by atoms with van der Waals surface area (Å²) < 4.78 is 42.4. The fraction of sp³-hybridized carbons (Fsp3) is 0.0588. The second kappa shape index (κ2) is 6.47. The van der Waals surface area contributed by atoms with Crippen LogP contribution in [0.3, 0.4) is 0 Å². The highest BCUT2D eigenvalue weighted by atomic mass is 35.5. The second-order valence-electron chi connectivity index (χ2n) is 5.53. The van der Waals surface area contributed by atoms with Crippen molar-refractivity contribution in [2.45, 2.75) is 6.36 Å². The van der Waals surface area contributed by atoms with Crippen LogP contribution in [0, 0.1) is 0 Å². The number of ether oxygens (including phenoxy) is 1. The van der Waals surface area contributed by atoms with Gasteiger partial charge in [-0.25, -0.2) is 9.97 Å². The zero-order valence-electron chi connectivity index (χ0n) is 13.3. The number of imidazole rings is 1. The third-order valence-corrected chi connectivity index (χ3v) is 4.19. The molecule has 4 aromatic rings. The van der Waals surface area contributed by atoms with Gasteiger partial charge in [0, 0.05) is 23.1 Å². The lowest BCUT2D eigenvalue weighted by molar-refractivity contribution is -0.274. The van der Waals surface area contributed by atoms with Crippen LogP contribution >= 0.6 is 23.2 Å². The highest BCUT2D eigenvalue weighted by Gasteiger charge is 2.30. The summed E-state index contributed by atoms with van der Waals surface area (Å²) in [7, 11) is 0. The number of halogens is 5. The van der Waals surface area contributed by atoms with Gasteiger partial charge in [0.15, 0.2) is 11.5 Å². The normalized spacial score (nSPS) is 11.9. The van der Waals surface area contributed by atoms with Gasteiger partial charge in [-0.2, -0.15) is 0 Å². The molecule has 138 valence electrons. The van der Waals surface area contributed by atoms with E-state index in [1.165, 1.54) is 24.3 Å². The summed E-state index contributed by atoms with van der Waals surface area (Å²) in [5, 5.41) is 3.89. The second-order valence-corrected chi connectivity index (χ2v) is 6.38. The Morgan fingerprint density at radius 1 is 1.07 bits per heavy atom. The molecule has 2 aromatic carbocycles. The van der Waals surface area contributed by atoms with E-state index in [-0.39, 0.29) is 5.75 Å². The minimum Gasteiger partial charge on any atom is -0.406 e. The number of benzene rings is 2. The summed E-state index contributed by atoms with van der Waals surface area (Å²) in [4.78, 5) is 8.77. The topological polar surface area (TPSA) is 51.5 Å². The first-order chi connectivity index (χ1) is 12.8. The van der Waals surface area contributed by atoms with Crippen LogP contribution in [0.2, 0.25) is 10.0 Å². The number of hydrogen-bond acceptors (Lipinski definition) is 4. The third kappa shape index (κ3) is 3.58. The Kier molecular flexibility index (Phi) is 4.24. The molecule has 0 aliphatic rings. The largest absolute Gasteiger partial charge is 0.573 e. The van der Waals surface area contributed by atoms with Crippen LogP contribution in [-0.4, -0.2) is 20.7 Å². The minimum absolute atomic E-state index is 0.316. The highest BCUT2D eigenvalue weighted by molar-refractivity contribution is 6.38. The molecule has 10 heteroatoms. The van der Waals surface area contributed by atoms with Crippen molar-refractivity contribution in [3.63, 3.8) is 0 Å². The van der Waals surface area contributed by atoms with E-state index in [0.29, 0.717) is 38.2 Å². The van der Waals surface area contributed by atoms with E-state index in [4.69, 9.17) is 23.2 Å². The van der Waals surface area contributed by atoms with Gasteiger partial charge in [0.25, 0.3) is 0 Å². The fourth-order valence-electron chi connectivity index (χ4n) is 2.67. The van der Waals surface area contributed by atoms with Crippen LogP contribution in [0.1, 0.15) is 0 Å². The van der Waals surface area contributed by atoms with E-state index in [9.17, 15) is 13.2 Å². The van der Waals surface area contributed by atoms with E-state index in [2.05, 4.69) is 20.0 Å². The number of rotatable bonds is 3. The van der Waals surface area contributed by atoms with Crippen molar-refractivity contribution in [2.75, 3.05) is 5.32 Å². The lowest BCUT2D eigenvalue weighted by Gasteiger charge is -2.12. The average Bonchev–Trinajstić information content (AvgIpc) is 3.04. The molecular formula is C17H9Cl2F3N4O. The van der Waals surface area contributed by atoms with Crippen LogP contribution in [0.5, 0.6) is 5.75 Å². The molecule has 27 heavy (non-hydrogen) atoms. The Hall–Kier alpha value is -2.71. The Balaban J connectivity index is 1.74. The van der Waals surface area contributed by atoms with Crippen LogP contribution in [-0.2, 0) is 0 Å². The summed E-state index contributed by atoms with van der Waals surface area (Å²) in [6.07, 6.45) is -1.42. The molecule has 0 atom stereocenters. The molecule has 0 amide bonds. The van der Waals surface area contributed by atoms with Gasteiger partial charge in [0.2, 0.25) is 0 Å². The van der Waals surface area contributed by atoms with Crippen LogP contribution in [0.15, 0.2) is 48.8 Å². The minimum atomic E-state index is -4.74. The molecule has 0 saturated carbocycles. The predicted molar refractivity (Wildman–Crippen MR) is 96.9 cm³/mol. The van der Waals surface area contributed by atoms with Crippen LogP contribution < -0.4 is 10.1 Å². The maximum absolute atomic E-state index is 12.3. The van der Waals surface area contributed by atoms with E-state index in [1.54, 1.807) is 28.9 Å². The number of aromatic nitrogens is 3. The van der Waals surface area contributed by atoms with Gasteiger partial charge < -0.3 is 10.1 Å². The van der Waals surface area contributed by atoms with E-state index < -0.39 is 6.36 Å². The Bertz CT molecular complexity index is 1140. The maximum Gasteiger partial charge on any atom is 0.573 e. The summed E-state index contributed by atoms with van der Waals surface area (Å²) in [5.41, 5.74) is 2.20. The van der Waals surface area contributed by atoms with Gasteiger partial charge in [0.1, 0.15) is 5.75 Å². The van der Waals surface area contributed by atoms with E-state index >= 15 is 0 Å². The van der Waals surface area contributed by atoms with E-state index in [1.807, 2.05) is 0 Å². The molecule has 2 aromatic heterocycles. The molecule has 0 aliphatic heterocycles. The summed E-state index contributed by atoms with van der Waals surface area (Å²) >= 11 is 12.3. The number of hydrogen-bond donors (Lipinski definition) is 1. The predicted octanol–water partition coefficient (Wildman–Crippen LogP) is 5.83. The van der Waals surface area contributed by atoms with Crippen LogP contribution in [0.4, 0.5) is 24.7 Å². The molecule has 0 aliphatic carbocycles. The molecule has 0 saturated heterocycles. The third-order valence-electron chi connectivity index (χ3n) is 3.68. The molecule has 0 fully saturated rings. The lowest BCUT2D eigenvalue weighted by Crippen LogP contribution is -2.17. The molecule has 5 nitrogen and oxygen atoms in total. The first-order valence-corrected chi connectivity index (χ1v) is 8.30. The van der Waals surface area contributed by atoms with Crippen molar-refractivity contribution >= 4 is 51.4 Å². The molecule has 0 unspecified atom stereocenters. The number of alkyl halides is 3. The molecule has 1 N–H and O–H groups in total. The fourth-order valence-corrected chi connectivity index (χ4v) is 3.24. The van der Waals surface area contributed by atoms with Crippen LogP contribution in [0.25, 0.3) is 16.7 Å². The van der Waals surface area contributed by atoms with Crippen molar-refractivity contribution in [3.05, 3.63) is 58.8 Å². The summed E-state index contributed by atoms with van der Waals surface area (Å²) in [6.45, 7) is 0. The standard InChI is InChI=1S/C17H9Cl2F3N4O/c18-9-7-12(19)14-13(8-9)25-15(16-23-5-6-26(14)16)24-10-1-3-11(4-2-10)27-17(20,21)22/h1-8H,(H,24,25). The van der Waals surface area contributed by atoms with Crippen molar-refractivity contribution < 1.29 is 17.9 Å². The first-order valence-electron chi connectivity index (χ1n) is 7.55. The molecular weight excluding hydrogens is 404 g/mol. The zero-order chi connectivity index (χ0) is 19.2. The molecule has 2 heterocycles. The Morgan fingerprint density at radius 3 is 2.52 bits per heavy atom. The van der Waals surface area contributed by atoms with Gasteiger partial charge in [-0.15, -0.1) is 13.2 Å². The molecule has 0 radical (unpaired) electrons. The smallest absolute Gasteiger partial charge is 0.406 e. The number of fused-ring (bicyclic) bond motifs is 3. The highest BCUT2D eigenvalue weighted by Crippen LogP contribution is 2.31. The zero-order valence-corrected chi connectivity index (χ0v) is 14.8. The monoisotopic (exact) mass is 412 g/mol. The summed E-state index contributed by atoms with van der Waals surface area (Å²) in [5.74, 6) is 0.0827. The number of nitrogens with one attached hydrogen (secondary N) is 1. The first kappa shape index (κ1) is 17.7. The average molecular weight is 413 g/mol. The number of nitrogens with zero attached hydrogens (tertiary/aromatic N) is 3. The molecule has 4 rings (SSSR count). The quantitative estimate of drug-likeness (QED) is 0.459. The van der Waals surface area contributed by atoms with E-state index in [0.717, 1.165) is 0 Å². The van der Waals surface area contributed by atoms with Crippen molar-refractivity contribution in [1.29, 1.82) is 0 Å². The lowest BCUT2D eigenvalue weighted by atomic mass is 10.3. The van der Waals surface area contributed by atoms with Gasteiger partial charge in [-0.05, 0) is 36.4 Å².